The fourth-order valence-electron chi connectivity index (χ4n) is 1.67. The zero-order valence-electron chi connectivity index (χ0n) is 10.1. The van der Waals surface area contributed by atoms with Crippen LogP contribution in [0.4, 0.5) is 0 Å². The highest BCUT2D eigenvalue weighted by atomic mass is 79.9. The van der Waals surface area contributed by atoms with E-state index in [1.165, 1.54) is 0 Å². The molecule has 0 saturated carbocycles. The molecule has 1 amide bonds. The highest BCUT2D eigenvalue weighted by molar-refractivity contribution is 9.10. The molecule has 0 fully saturated rings. The van der Waals surface area contributed by atoms with Gasteiger partial charge in [0.05, 0.1) is 6.42 Å². The molecular weight excluding hydrogens is 310 g/mol. The van der Waals surface area contributed by atoms with E-state index >= 15 is 0 Å². The second kappa shape index (κ2) is 6.16. The van der Waals surface area contributed by atoms with E-state index in [1.54, 1.807) is 16.2 Å². The summed E-state index contributed by atoms with van der Waals surface area (Å²) in [5, 5.41) is 4.01. The van der Waals surface area contributed by atoms with Gasteiger partial charge in [-0.05, 0) is 34.0 Å². The molecule has 0 unspecified atom stereocenters. The maximum Gasteiger partial charge on any atom is 0.227 e. The SMILES string of the molecule is CN(Cc1ccccc1Br)C(=O)Cc1ccsc1. The number of hydrogen-bond acceptors (Lipinski definition) is 2. The normalized spacial score (nSPS) is 10.3. The first-order valence-electron chi connectivity index (χ1n) is 5.65. The van der Waals surface area contributed by atoms with Crippen molar-refractivity contribution in [3.63, 3.8) is 0 Å². The number of carbonyl (C=O) groups excluding carboxylic acids is 1. The van der Waals surface area contributed by atoms with E-state index < -0.39 is 0 Å². The Hall–Kier alpha value is -1.13. The van der Waals surface area contributed by atoms with Crippen molar-refractivity contribution in [3.05, 3.63) is 56.7 Å². The topological polar surface area (TPSA) is 20.3 Å². The lowest BCUT2D eigenvalue weighted by Gasteiger charge is -2.17. The molecule has 1 heterocycles. The minimum Gasteiger partial charge on any atom is -0.341 e. The summed E-state index contributed by atoms with van der Waals surface area (Å²) in [4.78, 5) is 13.8. The Morgan fingerprint density at radius 2 is 2.11 bits per heavy atom. The van der Waals surface area contributed by atoms with Gasteiger partial charge in [0.2, 0.25) is 5.91 Å². The molecule has 0 radical (unpaired) electrons. The summed E-state index contributed by atoms with van der Waals surface area (Å²) in [7, 11) is 1.84. The van der Waals surface area contributed by atoms with Gasteiger partial charge in [0.1, 0.15) is 0 Å². The van der Waals surface area contributed by atoms with E-state index in [0.29, 0.717) is 13.0 Å². The molecule has 94 valence electrons. The van der Waals surface area contributed by atoms with Gasteiger partial charge in [-0.1, -0.05) is 34.1 Å². The molecule has 0 aliphatic carbocycles. The Morgan fingerprint density at radius 3 is 2.78 bits per heavy atom. The van der Waals surface area contributed by atoms with Crippen molar-refractivity contribution in [1.29, 1.82) is 0 Å². The van der Waals surface area contributed by atoms with Crippen molar-refractivity contribution in [1.82, 2.24) is 4.90 Å². The Morgan fingerprint density at radius 1 is 1.33 bits per heavy atom. The van der Waals surface area contributed by atoms with Gasteiger partial charge < -0.3 is 4.90 Å². The summed E-state index contributed by atoms with van der Waals surface area (Å²) in [6.07, 6.45) is 0.477. The van der Waals surface area contributed by atoms with Crippen molar-refractivity contribution in [3.8, 4) is 0 Å². The van der Waals surface area contributed by atoms with Gasteiger partial charge in [0.15, 0.2) is 0 Å². The van der Waals surface area contributed by atoms with Crippen LogP contribution in [0.5, 0.6) is 0 Å². The van der Waals surface area contributed by atoms with Gasteiger partial charge in [-0.15, -0.1) is 0 Å². The van der Waals surface area contributed by atoms with E-state index in [4.69, 9.17) is 0 Å². The summed E-state index contributed by atoms with van der Waals surface area (Å²) in [5.74, 6) is 0.143. The third-order valence-electron chi connectivity index (χ3n) is 2.73. The Labute approximate surface area is 119 Å². The number of carbonyl (C=O) groups is 1. The zero-order chi connectivity index (χ0) is 13.0. The number of hydrogen-bond donors (Lipinski definition) is 0. The first-order valence-corrected chi connectivity index (χ1v) is 7.39. The second-order valence-corrected chi connectivity index (χ2v) is 5.78. The van der Waals surface area contributed by atoms with Crippen LogP contribution >= 0.6 is 27.3 Å². The van der Waals surface area contributed by atoms with E-state index in [1.807, 2.05) is 48.1 Å². The molecule has 0 aliphatic heterocycles. The molecule has 0 N–H and O–H groups in total. The smallest absolute Gasteiger partial charge is 0.227 e. The number of likely N-dealkylation sites (N-methyl/N-ethyl adjacent to an activating group) is 1. The maximum atomic E-state index is 12.0. The van der Waals surface area contributed by atoms with Gasteiger partial charge in [0, 0.05) is 18.1 Å². The van der Waals surface area contributed by atoms with Crippen molar-refractivity contribution < 1.29 is 4.79 Å². The fraction of sp³-hybridized carbons (Fsp3) is 0.214. The Kier molecular flexibility index (Phi) is 4.55. The molecule has 2 rings (SSSR count). The van der Waals surface area contributed by atoms with Gasteiger partial charge in [-0.2, -0.15) is 11.3 Å². The minimum atomic E-state index is 0.143. The van der Waals surface area contributed by atoms with E-state index in [-0.39, 0.29) is 5.91 Å². The van der Waals surface area contributed by atoms with Gasteiger partial charge in [0.25, 0.3) is 0 Å². The molecule has 0 atom stereocenters. The van der Waals surface area contributed by atoms with Crippen LogP contribution in [0.25, 0.3) is 0 Å². The van der Waals surface area contributed by atoms with Crippen LogP contribution in [0, 0.1) is 0 Å². The predicted molar refractivity (Wildman–Crippen MR) is 78.6 cm³/mol. The summed E-state index contributed by atoms with van der Waals surface area (Å²) in [6.45, 7) is 0.629. The van der Waals surface area contributed by atoms with Crippen molar-refractivity contribution >= 4 is 33.2 Å². The first kappa shape index (κ1) is 13.3. The lowest BCUT2D eigenvalue weighted by molar-refractivity contribution is -0.129. The fourth-order valence-corrected chi connectivity index (χ4v) is 2.75. The average molecular weight is 324 g/mol. The van der Waals surface area contributed by atoms with Crippen LogP contribution in [0.1, 0.15) is 11.1 Å². The number of thiophene rings is 1. The lowest BCUT2D eigenvalue weighted by atomic mass is 10.2. The molecule has 0 bridgehead atoms. The van der Waals surface area contributed by atoms with Gasteiger partial charge in [-0.3, -0.25) is 4.79 Å². The van der Waals surface area contributed by atoms with Crippen molar-refractivity contribution in [2.75, 3.05) is 7.05 Å². The number of benzene rings is 1. The molecule has 0 saturated heterocycles. The summed E-state index contributed by atoms with van der Waals surface area (Å²) in [6, 6.07) is 9.97. The Balaban J connectivity index is 1.97. The van der Waals surface area contributed by atoms with Crippen LogP contribution < -0.4 is 0 Å². The van der Waals surface area contributed by atoms with Crippen LogP contribution in [0.2, 0.25) is 0 Å². The molecule has 1 aromatic carbocycles. The molecule has 4 heteroatoms. The van der Waals surface area contributed by atoms with Crippen molar-refractivity contribution in [2.24, 2.45) is 0 Å². The highest BCUT2D eigenvalue weighted by Gasteiger charge is 2.11. The third kappa shape index (κ3) is 3.43. The lowest BCUT2D eigenvalue weighted by Crippen LogP contribution is -2.27. The predicted octanol–water partition coefficient (Wildman–Crippen LogP) is 3.71. The molecule has 2 aromatic rings. The quantitative estimate of drug-likeness (QED) is 0.839. The number of halogens is 1. The molecular formula is C14H14BrNOS. The molecule has 1 aromatic heterocycles. The molecule has 0 spiro atoms. The molecule has 18 heavy (non-hydrogen) atoms. The first-order chi connectivity index (χ1) is 8.66. The van der Waals surface area contributed by atoms with Crippen LogP contribution in [0.15, 0.2) is 45.6 Å². The van der Waals surface area contributed by atoms with E-state index in [0.717, 1.165) is 15.6 Å². The van der Waals surface area contributed by atoms with E-state index in [2.05, 4.69) is 15.9 Å². The number of nitrogens with zero attached hydrogens (tertiary/aromatic N) is 1. The van der Waals surface area contributed by atoms with Gasteiger partial charge >= 0.3 is 0 Å². The maximum absolute atomic E-state index is 12.0. The summed E-state index contributed by atoms with van der Waals surface area (Å²) < 4.78 is 1.04. The Bertz CT molecular complexity index is 524. The minimum absolute atomic E-state index is 0.143. The monoisotopic (exact) mass is 323 g/mol. The molecule has 2 nitrogen and oxygen atoms in total. The molecule has 0 aliphatic rings. The van der Waals surface area contributed by atoms with Crippen LogP contribution in [-0.2, 0) is 17.8 Å². The van der Waals surface area contributed by atoms with Crippen molar-refractivity contribution in [2.45, 2.75) is 13.0 Å². The average Bonchev–Trinajstić information content (AvgIpc) is 2.84. The summed E-state index contributed by atoms with van der Waals surface area (Å²) in [5.41, 5.74) is 2.21. The van der Waals surface area contributed by atoms with Gasteiger partial charge in [-0.25, -0.2) is 0 Å². The van der Waals surface area contributed by atoms with Crippen LogP contribution in [-0.4, -0.2) is 17.9 Å². The zero-order valence-corrected chi connectivity index (χ0v) is 12.5. The third-order valence-corrected chi connectivity index (χ3v) is 4.23. The highest BCUT2D eigenvalue weighted by Crippen LogP contribution is 2.17. The number of amides is 1. The number of rotatable bonds is 4. The second-order valence-electron chi connectivity index (χ2n) is 4.15. The largest absolute Gasteiger partial charge is 0.341 e. The standard InChI is InChI=1S/C14H14BrNOS/c1-16(9-12-4-2-3-5-13(12)15)14(17)8-11-6-7-18-10-11/h2-7,10H,8-9H2,1H3. The summed E-state index contributed by atoms with van der Waals surface area (Å²) >= 11 is 5.12. The van der Waals surface area contributed by atoms with E-state index in [9.17, 15) is 4.79 Å². The van der Waals surface area contributed by atoms with Crippen LogP contribution in [0.3, 0.4) is 0 Å².